The molecule has 1 aliphatic heterocycles. The molecule has 0 spiro atoms. The van der Waals surface area contributed by atoms with Gasteiger partial charge in [0.25, 0.3) is 0 Å². The highest BCUT2D eigenvalue weighted by molar-refractivity contribution is 7.89. The summed E-state index contributed by atoms with van der Waals surface area (Å²) in [6, 6.07) is 3.28. The Hall–Kier alpha value is -0.670. The van der Waals surface area contributed by atoms with Crippen molar-refractivity contribution < 1.29 is 21.9 Å². The van der Waals surface area contributed by atoms with E-state index in [1.807, 2.05) is 0 Å². The molecule has 0 radical (unpaired) electrons. The van der Waals surface area contributed by atoms with E-state index in [0.29, 0.717) is 19.6 Å². The summed E-state index contributed by atoms with van der Waals surface area (Å²) in [6.45, 7) is 0.234. The van der Waals surface area contributed by atoms with Crippen LogP contribution < -0.4 is 10.1 Å². The number of piperazine rings is 1. The monoisotopic (exact) mass is 376 g/mol. The molecule has 1 aromatic carbocycles. The van der Waals surface area contributed by atoms with Crippen molar-refractivity contribution in [3.05, 3.63) is 23.2 Å². The summed E-state index contributed by atoms with van der Waals surface area (Å²) >= 11 is 5.80. The summed E-state index contributed by atoms with van der Waals surface area (Å²) in [5, 5.41) is 2.93. The van der Waals surface area contributed by atoms with Crippen molar-refractivity contribution in [1.82, 2.24) is 9.62 Å². The van der Waals surface area contributed by atoms with Crippen LogP contribution in [0.4, 0.5) is 8.78 Å². The molecule has 1 heterocycles. The second-order valence-corrected chi connectivity index (χ2v) is 6.94. The van der Waals surface area contributed by atoms with Crippen molar-refractivity contribution in [3.63, 3.8) is 0 Å². The number of alkyl halides is 2. The zero-order valence-corrected chi connectivity index (χ0v) is 14.0. The van der Waals surface area contributed by atoms with Crippen LogP contribution in [-0.2, 0) is 10.0 Å². The molecule has 1 aliphatic rings. The fraction of sp³-hybridized carbons (Fsp3) is 0.500. The minimum absolute atomic E-state index is 0. The maximum absolute atomic E-state index is 12.5. The van der Waals surface area contributed by atoms with Crippen molar-refractivity contribution in [2.75, 3.05) is 19.6 Å². The standard InChI is InChI=1S/C12H15ClF2N2O3S.ClH/c1-8-7-16-4-5-17(8)21(18,19)9-2-3-11(10(13)6-9)20-12(14)15;/h2-3,6,8,12,16H,4-5,7H2,1H3;1H. The maximum atomic E-state index is 12.5. The Morgan fingerprint density at radius 3 is 2.68 bits per heavy atom. The Morgan fingerprint density at radius 1 is 1.45 bits per heavy atom. The molecule has 0 saturated carbocycles. The fourth-order valence-corrected chi connectivity index (χ4v) is 4.10. The molecule has 126 valence electrons. The van der Waals surface area contributed by atoms with Crippen LogP contribution >= 0.6 is 24.0 Å². The Morgan fingerprint density at radius 2 is 2.14 bits per heavy atom. The number of halogens is 4. The van der Waals surface area contributed by atoms with Gasteiger partial charge in [0.2, 0.25) is 10.0 Å². The number of rotatable bonds is 4. The number of nitrogens with one attached hydrogen (secondary N) is 1. The largest absolute Gasteiger partial charge is 0.433 e. The van der Waals surface area contributed by atoms with Gasteiger partial charge in [-0.3, -0.25) is 0 Å². The lowest BCUT2D eigenvalue weighted by atomic mass is 10.3. The quantitative estimate of drug-likeness (QED) is 0.875. The summed E-state index contributed by atoms with van der Waals surface area (Å²) in [5.41, 5.74) is 0. The molecule has 0 aromatic heterocycles. The minimum Gasteiger partial charge on any atom is -0.433 e. The first kappa shape index (κ1) is 19.4. The van der Waals surface area contributed by atoms with E-state index in [4.69, 9.17) is 11.6 Å². The summed E-state index contributed by atoms with van der Waals surface area (Å²) in [5.74, 6) is -0.251. The lowest BCUT2D eigenvalue weighted by molar-refractivity contribution is -0.0498. The van der Waals surface area contributed by atoms with E-state index in [0.717, 1.165) is 12.1 Å². The summed E-state index contributed by atoms with van der Waals surface area (Å²) in [7, 11) is -3.71. The maximum Gasteiger partial charge on any atom is 0.387 e. The zero-order valence-electron chi connectivity index (χ0n) is 11.6. The molecule has 1 saturated heterocycles. The Balaban J connectivity index is 0.00000242. The second-order valence-electron chi connectivity index (χ2n) is 4.64. The Bertz CT molecular complexity index is 616. The van der Waals surface area contributed by atoms with Gasteiger partial charge in [-0.2, -0.15) is 13.1 Å². The van der Waals surface area contributed by atoms with Crippen LogP contribution in [0.2, 0.25) is 5.02 Å². The van der Waals surface area contributed by atoms with Gasteiger partial charge in [-0.1, -0.05) is 11.6 Å². The Labute approximate surface area is 139 Å². The molecule has 0 aliphatic carbocycles. The molecule has 0 bridgehead atoms. The number of nitrogens with zero attached hydrogens (tertiary/aromatic N) is 1. The molecule has 1 aromatic rings. The molecule has 1 atom stereocenters. The number of benzene rings is 1. The molecule has 1 N–H and O–H groups in total. The second kappa shape index (κ2) is 7.74. The summed E-state index contributed by atoms with van der Waals surface area (Å²) in [6.07, 6.45) is 0. The average Bonchev–Trinajstić information content (AvgIpc) is 2.40. The average molecular weight is 377 g/mol. The highest BCUT2D eigenvalue weighted by Crippen LogP contribution is 2.30. The van der Waals surface area contributed by atoms with Gasteiger partial charge >= 0.3 is 6.61 Å². The van der Waals surface area contributed by atoms with E-state index in [2.05, 4.69) is 10.1 Å². The SMILES string of the molecule is CC1CNCCN1S(=O)(=O)c1ccc(OC(F)F)c(Cl)c1.Cl. The van der Waals surface area contributed by atoms with E-state index < -0.39 is 16.6 Å². The van der Waals surface area contributed by atoms with Gasteiger partial charge in [-0.15, -0.1) is 12.4 Å². The first-order valence-electron chi connectivity index (χ1n) is 6.29. The van der Waals surface area contributed by atoms with Gasteiger partial charge in [-0.25, -0.2) is 8.42 Å². The lowest BCUT2D eigenvalue weighted by Crippen LogP contribution is -2.52. The first-order valence-corrected chi connectivity index (χ1v) is 8.11. The van der Waals surface area contributed by atoms with Crippen LogP contribution in [0.3, 0.4) is 0 Å². The number of ether oxygens (including phenoxy) is 1. The van der Waals surface area contributed by atoms with Crippen LogP contribution in [0.15, 0.2) is 23.1 Å². The number of hydrogen-bond donors (Lipinski definition) is 1. The van der Waals surface area contributed by atoms with E-state index >= 15 is 0 Å². The highest BCUT2D eigenvalue weighted by Gasteiger charge is 2.31. The van der Waals surface area contributed by atoms with Crippen LogP contribution in [0.5, 0.6) is 5.75 Å². The molecule has 0 amide bonds. The molecule has 10 heteroatoms. The molecular formula is C12H16Cl2F2N2O3S. The van der Waals surface area contributed by atoms with Crippen molar-refractivity contribution in [2.24, 2.45) is 0 Å². The van der Waals surface area contributed by atoms with Gasteiger partial charge < -0.3 is 10.1 Å². The molecular weight excluding hydrogens is 361 g/mol. The van der Waals surface area contributed by atoms with Crippen molar-refractivity contribution in [1.29, 1.82) is 0 Å². The van der Waals surface area contributed by atoms with Gasteiger partial charge in [0.05, 0.1) is 9.92 Å². The first-order chi connectivity index (χ1) is 9.82. The topological polar surface area (TPSA) is 58.6 Å². The minimum atomic E-state index is -3.71. The van der Waals surface area contributed by atoms with E-state index in [9.17, 15) is 17.2 Å². The summed E-state index contributed by atoms with van der Waals surface area (Å²) < 4.78 is 55.0. The fourth-order valence-electron chi connectivity index (χ4n) is 2.15. The van der Waals surface area contributed by atoms with E-state index in [-0.39, 0.29) is 34.1 Å². The van der Waals surface area contributed by atoms with Crippen LogP contribution in [-0.4, -0.2) is 45.0 Å². The molecule has 1 unspecified atom stereocenters. The van der Waals surface area contributed by atoms with E-state index in [1.165, 1.54) is 10.4 Å². The van der Waals surface area contributed by atoms with E-state index in [1.54, 1.807) is 6.92 Å². The van der Waals surface area contributed by atoms with Gasteiger partial charge in [0, 0.05) is 25.7 Å². The zero-order chi connectivity index (χ0) is 15.6. The van der Waals surface area contributed by atoms with Crippen LogP contribution in [0.1, 0.15) is 6.92 Å². The third-order valence-corrected chi connectivity index (χ3v) is 5.47. The van der Waals surface area contributed by atoms with Gasteiger partial charge in [-0.05, 0) is 25.1 Å². The van der Waals surface area contributed by atoms with Crippen molar-refractivity contribution >= 4 is 34.0 Å². The molecule has 2 rings (SSSR count). The summed E-state index contributed by atoms with van der Waals surface area (Å²) in [4.78, 5) is -0.0390. The molecule has 22 heavy (non-hydrogen) atoms. The number of sulfonamides is 1. The molecule has 1 fully saturated rings. The van der Waals surface area contributed by atoms with Crippen LogP contribution in [0, 0.1) is 0 Å². The third kappa shape index (κ3) is 4.20. The van der Waals surface area contributed by atoms with Crippen molar-refractivity contribution in [2.45, 2.75) is 24.5 Å². The Kier molecular flexibility index (Phi) is 6.82. The smallest absolute Gasteiger partial charge is 0.387 e. The molecule has 5 nitrogen and oxygen atoms in total. The highest BCUT2D eigenvalue weighted by atomic mass is 35.5. The van der Waals surface area contributed by atoms with Crippen molar-refractivity contribution in [3.8, 4) is 5.75 Å². The number of hydrogen-bond acceptors (Lipinski definition) is 4. The predicted molar refractivity (Wildman–Crippen MR) is 81.6 cm³/mol. The van der Waals surface area contributed by atoms with Gasteiger partial charge in [0.15, 0.2) is 0 Å². The lowest BCUT2D eigenvalue weighted by Gasteiger charge is -2.32. The predicted octanol–water partition coefficient (Wildman–Crippen LogP) is 2.35. The third-order valence-electron chi connectivity index (χ3n) is 3.17. The normalized spacial score (nSPS) is 19.8. The van der Waals surface area contributed by atoms with Gasteiger partial charge in [0.1, 0.15) is 5.75 Å². The van der Waals surface area contributed by atoms with Crippen LogP contribution in [0.25, 0.3) is 0 Å².